The summed E-state index contributed by atoms with van der Waals surface area (Å²) in [6.45, 7) is 5.67. The minimum absolute atomic E-state index is 0.787. The van der Waals surface area contributed by atoms with Crippen molar-refractivity contribution in [1.29, 1.82) is 0 Å². The highest BCUT2D eigenvalue weighted by atomic mass is 16.5. The lowest BCUT2D eigenvalue weighted by Crippen LogP contribution is -2.41. The van der Waals surface area contributed by atoms with Crippen molar-refractivity contribution >= 4 is 0 Å². The van der Waals surface area contributed by atoms with Crippen LogP contribution < -0.4 is 5.73 Å². The van der Waals surface area contributed by atoms with Crippen molar-refractivity contribution in [3.8, 4) is 0 Å². The molecule has 1 saturated heterocycles. The molecule has 1 aliphatic carbocycles. The Kier molecular flexibility index (Phi) is 5.93. The van der Waals surface area contributed by atoms with Gasteiger partial charge in [0.2, 0.25) is 0 Å². The lowest BCUT2D eigenvalue weighted by atomic mass is 9.78. The van der Waals surface area contributed by atoms with E-state index in [0.717, 1.165) is 30.9 Å². The number of piperidine rings is 1. The second kappa shape index (κ2) is 7.46. The van der Waals surface area contributed by atoms with E-state index in [4.69, 9.17) is 10.5 Å². The Labute approximate surface area is 112 Å². The van der Waals surface area contributed by atoms with E-state index >= 15 is 0 Å². The second-order valence-electron chi connectivity index (χ2n) is 6.24. The van der Waals surface area contributed by atoms with Crippen LogP contribution in [-0.2, 0) is 4.74 Å². The molecule has 0 aromatic rings. The predicted octanol–water partition coefficient (Wildman–Crippen LogP) is 2.11. The Hall–Kier alpha value is -0.120. The third kappa shape index (κ3) is 3.94. The number of rotatable bonds is 5. The maximum Gasteiger partial charge on any atom is 0.0491 e. The topological polar surface area (TPSA) is 38.5 Å². The van der Waals surface area contributed by atoms with E-state index in [-0.39, 0.29) is 0 Å². The van der Waals surface area contributed by atoms with Crippen LogP contribution in [0.5, 0.6) is 0 Å². The highest BCUT2D eigenvalue weighted by Crippen LogP contribution is 2.31. The van der Waals surface area contributed by atoms with E-state index in [9.17, 15) is 0 Å². The first-order valence-corrected chi connectivity index (χ1v) is 7.74. The first-order chi connectivity index (χ1) is 8.83. The van der Waals surface area contributed by atoms with Crippen LogP contribution in [0.1, 0.15) is 38.5 Å². The summed E-state index contributed by atoms with van der Waals surface area (Å²) in [5.74, 6) is 2.45. The summed E-state index contributed by atoms with van der Waals surface area (Å²) < 4.78 is 5.27. The largest absolute Gasteiger partial charge is 0.384 e. The van der Waals surface area contributed by atoms with E-state index in [1.54, 1.807) is 0 Å². The van der Waals surface area contributed by atoms with Crippen LogP contribution in [0.3, 0.4) is 0 Å². The summed E-state index contributed by atoms with van der Waals surface area (Å²) in [6, 6.07) is 0. The maximum absolute atomic E-state index is 5.93. The zero-order chi connectivity index (χ0) is 12.8. The Morgan fingerprint density at radius 1 is 1.06 bits per heavy atom. The van der Waals surface area contributed by atoms with Gasteiger partial charge >= 0.3 is 0 Å². The van der Waals surface area contributed by atoms with E-state index in [1.165, 1.54) is 58.2 Å². The van der Waals surface area contributed by atoms with Gasteiger partial charge in [0, 0.05) is 20.3 Å². The Bertz CT molecular complexity index is 227. The minimum atomic E-state index is 0.787. The summed E-state index contributed by atoms with van der Waals surface area (Å²) >= 11 is 0. The number of methoxy groups -OCH3 is 1. The Morgan fingerprint density at radius 2 is 1.72 bits per heavy atom. The molecule has 0 aromatic heterocycles. The normalized spacial score (nSPS) is 31.7. The van der Waals surface area contributed by atoms with Gasteiger partial charge in [-0.1, -0.05) is 12.8 Å². The quantitative estimate of drug-likeness (QED) is 0.816. The molecule has 2 unspecified atom stereocenters. The SMILES string of the molecule is COCC1CCN(CC2CCCCC2CN)CC1. The zero-order valence-corrected chi connectivity index (χ0v) is 11.9. The van der Waals surface area contributed by atoms with Gasteiger partial charge in [0.1, 0.15) is 0 Å². The molecule has 2 atom stereocenters. The Morgan fingerprint density at radius 3 is 2.33 bits per heavy atom. The molecule has 3 heteroatoms. The lowest BCUT2D eigenvalue weighted by molar-refractivity contribution is 0.0796. The van der Waals surface area contributed by atoms with Crippen LogP contribution in [0.15, 0.2) is 0 Å². The maximum atomic E-state index is 5.93. The van der Waals surface area contributed by atoms with Crippen LogP contribution in [0.2, 0.25) is 0 Å². The third-order valence-electron chi connectivity index (χ3n) is 4.97. The lowest BCUT2D eigenvalue weighted by Gasteiger charge is -2.38. The molecule has 18 heavy (non-hydrogen) atoms. The first-order valence-electron chi connectivity index (χ1n) is 7.74. The van der Waals surface area contributed by atoms with E-state index < -0.39 is 0 Å². The molecule has 0 amide bonds. The number of likely N-dealkylation sites (tertiary alicyclic amines) is 1. The molecule has 1 heterocycles. The summed E-state index contributed by atoms with van der Waals surface area (Å²) in [5.41, 5.74) is 5.93. The summed E-state index contributed by atoms with van der Waals surface area (Å²) in [4.78, 5) is 2.67. The molecule has 1 aliphatic heterocycles. The third-order valence-corrected chi connectivity index (χ3v) is 4.97. The van der Waals surface area contributed by atoms with Crippen LogP contribution in [0.4, 0.5) is 0 Å². The monoisotopic (exact) mass is 254 g/mol. The molecule has 106 valence electrons. The molecule has 1 saturated carbocycles. The summed E-state index contributed by atoms with van der Waals surface area (Å²) in [6.07, 6.45) is 8.21. The standard InChI is InChI=1S/C15H30N2O/c1-18-12-13-6-8-17(9-7-13)11-15-5-3-2-4-14(15)10-16/h13-15H,2-12,16H2,1H3. The molecule has 2 aliphatic rings. The summed E-state index contributed by atoms with van der Waals surface area (Å²) in [5, 5.41) is 0. The molecular weight excluding hydrogens is 224 g/mol. The number of hydrogen-bond acceptors (Lipinski definition) is 3. The number of nitrogens with zero attached hydrogens (tertiary/aromatic N) is 1. The molecule has 0 bridgehead atoms. The fraction of sp³-hybridized carbons (Fsp3) is 1.00. The van der Waals surface area contributed by atoms with Crippen molar-refractivity contribution in [2.24, 2.45) is 23.5 Å². The van der Waals surface area contributed by atoms with Crippen LogP contribution >= 0.6 is 0 Å². The fourth-order valence-corrected chi connectivity index (χ4v) is 3.74. The summed E-state index contributed by atoms with van der Waals surface area (Å²) in [7, 11) is 1.82. The molecule has 2 rings (SSSR count). The average molecular weight is 254 g/mol. The first kappa shape index (κ1) is 14.3. The van der Waals surface area contributed by atoms with Gasteiger partial charge in [0.15, 0.2) is 0 Å². The highest BCUT2D eigenvalue weighted by Gasteiger charge is 2.27. The van der Waals surface area contributed by atoms with E-state index in [2.05, 4.69) is 4.90 Å². The van der Waals surface area contributed by atoms with Crippen molar-refractivity contribution in [2.45, 2.75) is 38.5 Å². The fourth-order valence-electron chi connectivity index (χ4n) is 3.74. The molecule has 0 radical (unpaired) electrons. The van der Waals surface area contributed by atoms with Crippen LogP contribution in [0.25, 0.3) is 0 Å². The number of hydrogen-bond donors (Lipinski definition) is 1. The van der Waals surface area contributed by atoms with Gasteiger partial charge in [-0.05, 0) is 63.1 Å². The zero-order valence-electron chi connectivity index (χ0n) is 11.9. The van der Waals surface area contributed by atoms with Crippen molar-refractivity contribution in [3.63, 3.8) is 0 Å². The molecule has 0 aromatic carbocycles. The smallest absolute Gasteiger partial charge is 0.0491 e. The van der Waals surface area contributed by atoms with Gasteiger partial charge in [0.25, 0.3) is 0 Å². The van der Waals surface area contributed by atoms with Gasteiger partial charge in [-0.25, -0.2) is 0 Å². The van der Waals surface area contributed by atoms with Gasteiger partial charge in [-0.2, -0.15) is 0 Å². The van der Waals surface area contributed by atoms with E-state index in [1.807, 2.05) is 7.11 Å². The number of nitrogens with two attached hydrogens (primary N) is 1. The van der Waals surface area contributed by atoms with Gasteiger partial charge in [-0.15, -0.1) is 0 Å². The highest BCUT2D eigenvalue weighted by molar-refractivity contribution is 4.81. The minimum Gasteiger partial charge on any atom is -0.384 e. The second-order valence-corrected chi connectivity index (χ2v) is 6.24. The van der Waals surface area contributed by atoms with Crippen molar-refractivity contribution < 1.29 is 4.74 Å². The van der Waals surface area contributed by atoms with Crippen molar-refractivity contribution in [2.75, 3.05) is 39.9 Å². The number of ether oxygens (including phenoxy) is 1. The molecule has 0 spiro atoms. The molecular formula is C15H30N2O. The predicted molar refractivity (Wildman–Crippen MR) is 75.5 cm³/mol. The van der Waals surface area contributed by atoms with Gasteiger partial charge in [-0.3, -0.25) is 0 Å². The van der Waals surface area contributed by atoms with Crippen LogP contribution in [-0.4, -0.2) is 44.8 Å². The Balaban J connectivity index is 1.73. The van der Waals surface area contributed by atoms with Gasteiger partial charge in [0.05, 0.1) is 0 Å². The molecule has 2 fully saturated rings. The van der Waals surface area contributed by atoms with Crippen molar-refractivity contribution in [3.05, 3.63) is 0 Å². The van der Waals surface area contributed by atoms with Crippen LogP contribution in [0, 0.1) is 17.8 Å². The average Bonchev–Trinajstić information content (AvgIpc) is 2.42. The van der Waals surface area contributed by atoms with E-state index in [0.29, 0.717) is 0 Å². The molecule has 3 nitrogen and oxygen atoms in total. The van der Waals surface area contributed by atoms with Gasteiger partial charge < -0.3 is 15.4 Å². The van der Waals surface area contributed by atoms with Crippen molar-refractivity contribution in [1.82, 2.24) is 4.90 Å². The molecule has 2 N–H and O–H groups in total.